The van der Waals surface area contributed by atoms with Gasteiger partial charge in [0.15, 0.2) is 5.82 Å². The highest BCUT2D eigenvalue weighted by Gasteiger charge is 2.39. The number of likely N-dealkylation sites (N-methyl/N-ethyl adjacent to an activating group) is 1. The lowest BCUT2D eigenvalue weighted by atomic mass is 10.0. The molecule has 2 aromatic rings. The maximum absolute atomic E-state index is 12.8. The van der Waals surface area contributed by atoms with Crippen molar-refractivity contribution < 1.29 is 9.53 Å². The van der Waals surface area contributed by atoms with E-state index in [1.165, 1.54) is 0 Å². The van der Waals surface area contributed by atoms with Crippen molar-refractivity contribution in [2.75, 3.05) is 35.4 Å². The minimum absolute atomic E-state index is 0.0674. The highest BCUT2D eigenvalue weighted by Crippen LogP contribution is 2.38. The summed E-state index contributed by atoms with van der Waals surface area (Å²) in [5.74, 6) is 1.53. The molecule has 4 heterocycles. The van der Waals surface area contributed by atoms with Crippen molar-refractivity contribution in [1.82, 2.24) is 9.97 Å². The van der Waals surface area contributed by atoms with E-state index in [0.29, 0.717) is 24.7 Å². The molecule has 1 amide bonds. The van der Waals surface area contributed by atoms with Crippen LogP contribution < -0.4 is 15.1 Å². The van der Waals surface area contributed by atoms with E-state index in [0.717, 1.165) is 30.0 Å². The van der Waals surface area contributed by atoms with Gasteiger partial charge in [-0.15, -0.1) is 0 Å². The van der Waals surface area contributed by atoms with Gasteiger partial charge in [0.25, 0.3) is 0 Å². The number of nitrogens with one attached hydrogen (secondary N) is 1. The van der Waals surface area contributed by atoms with E-state index in [1.54, 1.807) is 30.3 Å². The molecule has 0 bridgehead atoms. The number of aromatic nitrogens is 2. The molecule has 2 aliphatic rings. The predicted octanol–water partition coefficient (Wildman–Crippen LogP) is 2.44. The predicted molar refractivity (Wildman–Crippen MR) is 106 cm³/mol. The number of amides is 1. The standard InChI is InChI=1S/C20H22N6O2/c1-13-20(27)25(2)17-5-6-18(23-15-4-3-14(11-21)22-12-15)24-19(17)26(13)16-7-9-28-10-8-16/h3-6,12-13,16H,7-10H2,1-2H3,(H,23,24)/t13-/m1/s1. The second kappa shape index (κ2) is 7.44. The Morgan fingerprint density at radius 2 is 2.04 bits per heavy atom. The molecular weight excluding hydrogens is 356 g/mol. The Morgan fingerprint density at radius 3 is 2.71 bits per heavy atom. The summed E-state index contributed by atoms with van der Waals surface area (Å²) in [6, 6.07) is 9.16. The van der Waals surface area contributed by atoms with E-state index >= 15 is 0 Å². The number of ether oxygens (including phenoxy) is 1. The molecular formula is C20H22N6O2. The molecule has 0 radical (unpaired) electrons. The molecule has 8 nitrogen and oxygen atoms in total. The van der Waals surface area contributed by atoms with Crippen LogP contribution in [0, 0.1) is 11.3 Å². The number of rotatable bonds is 3. The number of fused-ring (bicyclic) bond motifs is 1. The maximum Gasteiger partial charge on any atom is 0.249 e. The molecule has 1 fully saturated rings. The summed E-state index contributed by atoms with van der Waals surface area (Å²) >= 11 is 0. The lowest BCUT2D eigenvalue weighted by Crippen LogP contribution is -2.56. The molecule has 0 unspecified atom stereocenters. The number of hydrogen-bond acceptors (Lipinski definition) is 7. The number of nitrogens with zero attached hydrogens (tertiary/aromatic N) is 5. The number of carbonyl (C=O) groups is 1. The number of hydrogen-bond donors (Lipinski definition) is 1. The summed E-state index contributed by atoms with van der Waals surface area (Å²) in [5.41, 5.74) is 1.92. The SMILES string of the molecule is C[C@@H]1C(=O)N(C)c2ccc(Nc3ccc(C#N)nc3)nc2N1C1CCOCC1. The van der Waals surface area contributed by atoms with E-state index in [4.69, 9.17) is 15.0 Å². The van der Waals surface area contributed by atoms with Crippen LogP contribution in [-0.2, 0) is 9.53 Å². The Morgan fingerprint density at radius 1 is 1.25 bits per heavy atom. The average Bonchev–Trinajstić information content (AvgIpc) is 2.73. The van der Waals surface area contributed by atoms with Gasteiger partial charge in [0.05, 0.1) is 17.6 Å². The largest absolute Gasteiger partial charge is 0.381 e. The molecule has 2 aromatic heterocycles. The van der Waals surface area contributed by atoms with Crippen LogP contribution in [0.4, 0.5) is 23.0 Å². The van der Waals surface area contributed by atoms with Gasteiger partial charge >= 0.3 is 0 Å². The molecule has 0 saturated carbocycles. The quantitative estimate of drug-likeness (QED) is 0.876. The van der Waals surface area contributed by atoms with Gasteiger partial charge in [-0.2, -0.15) is 5.26 Å². The van der Waals surface area contributed by atoms with Crippen molar-refractivity contribution in [2.45, 2.75) is 31.8 Å². The lowest BCUT2D eigenvalue weighted by Gasteiger charge is -2.44. The van der Waals surface area contributed by atoms with Crippen molar-refractivity contribution in [3.8, 4) is 6.07 Å². The molecule has 144 valence electrons. The van der Waals surface area contributed by atoms with Gasteiger partial charge in [0.2, 0.25) is 5.91 Å². The molecule has 28 heavy (non-hydrogen) atoms. The van der Waals surface area contributed by atoms with Gasteiger partial charge in [-0.25, -0.2) is 9.97 Å². The third-order valence-electron chi connectivity index (χ3n) is 5.30. The van der Waals surface area contributed by atoms with Gasteiger partial charge in [-0.05, 0) is 44.0 Å². The second-order valence-electron chi connectivity index (χ2n) is 7.03. The number of pyridine rings is 2. The van der Waals surface area contributed by atoms with Crippen LogP contribution in [0.5, 0.6) is 0 Å². The highest BCUT2D eigenvalue weighted by molar-refractivity contribution is 6.04. The van der Waals surface area contributed by atoms with Crippen molar-refractivity contribution in [3.05, 3.63) is 36.2 Å². The zero-order valence-electron chi connectivity index (χ0n) is 15.9. The van der Waals surface area contributed by atoms with E-state index in [-0.39, 0.29) is 18.0 Å². The van der Waals surface area contributed by atoms with Crippen molar-refractivity contribution >= 4 is 28.9 Å². The maximum atomic E-state index is 12.8. The summed E-state index contributed by atoms with van der Waals surface area (Å²) in [6.45, 7) is 3.33. The van der Waals surface area contributed by atoms with Crippen LogP contribution in [0.15, 0.2) is 30.5 Å². The first-order valence-electron chi connectivity index (χ1n) is 9.36. The summed E-state index contributed by atoms with van der Waals surface area (Å²) in [5, 5.41) is 12.1. The summed E-state index contributed by atoms with van der Waals surface area (Å²) in [4.78, 5) is 25.5. The summed E-state index contributed by atoms with van der Waals surface area (Å²) < 4.78 is 5.50. The summed E-state index contributed by atoms with van der Waals surface area (Å²) in [6.07, 6.45) is 3.35. The van der Waals surface area contributed by atoms with Gasteiger partial charge in [-0.3, -0.25) is 4.79 Å². The Kier molecular flexibility index (Phi) is 4.84. The Bertz CT molecular complexity index is 917. The minimum Gasteiger partial charge on any atom is -0.381 e. The average molecular weight is 378 g/mol. The van der Waals surface area contributed by atoms with Gasteiger partial charge < -0.3 is 19.9 Å². The third-order valence-corrected chi connectivity index (χ3v) is 5.30. The van der Waals surface area contributed by atoms with E-state index < -0.39 is 0 Å². The molecule has 1 N–H and O–H groups in total. The highest BCUT2D eigenvalue weighted by atomic mass is 16.5. The molecule has 4 rings (SSSR count). The van der Waals surface area contributed by atoms with Crippen molar-refractivity contribution in [3.63, 3.8) is 0 Å². The van der Waals surface area contributed by atoms with Crippen LogP contribution in [0.2, 0.25) is 0 Å². The first-order chi connectivity index (χ1) is 13.6. The van der Waals surface area contributed by atoms with Gasteiger partial charge in [0, 0.05) is 26.3 Å². The molecule has 1 atom stereocenters. The normalized spacial score (nSPS) is 19.9. The number of nitriles is 1. The third kappa shape index (κ3) is 3.25. The zero-order valence-corrected chi connectivity index (χ0v) is 15.9. The Labute approximate surface area is 163 Å². The topological polar surface area (TPSA) is 94.4 Å². The van der Waals surface area contributed by atoms with Gasteiger partial charge in [-0.1, -0.05) is 0 Å². The molecule has 0 spiro atoms. The van der Waals surface area contributed by atoms with E-state index in [2.05, 4.69) is 15.2 Å². The monoisotopic (exact) mass is 378 g/mol. The first kappa shape index (κ1) is 18.2. The fraction of sp³-hybridized carbons (Fsp3) is 0.400. The van der Waals surface area contributed by atoms with Crippen LogP contribution in [0.1, 0.15) is 25.5 Å². The zero-order chi connectivity index (χ0) is 19.7. The van der Waals surface area contributed by atoms with Gasteiger partial charge in [0.1, 0.15) is 23.6 Å². The van der Waals surface area contributed by atoms with E-state index in [9.17, 15) is 4.79 Å². The lowest BCUT2D eigenvalue weighted by molar-refractivity contribution is -0.119. The van der Waals surface area contributed by atoms with Crippen molar-refractivity contribution in [2.24, 2.45) is 0 Å². The summed E-state index contributed by atoms with van der Waals surface area (Å²) in [7, 11) is 1.79. The molecule has 1 saturated heterocycles. The van der Waals surface area contributed by atoms with Crippen molar-refractivity contribution in [1.29, 1.82) is 5.26 Å². The molecule has 0 aromatic carbocycles. The first-order valence-corrected chi connectivity index (χ1v) is 9.36. The number of carbonyl (C=O) groups excluding carboxylic acids is 1. The minimum atomic E-state index is -0.278. The molecule has 2 aliphatic heterocycles. The molecule has 0 aliphatic carbocycles. The Balaban J connectivity index is 1.68. The fourth-order valence-electron chi connectivity index (χ4n) is 3.80. The smallest absolute Gasteiger partial charge is 0.249 e. The molecule has 8 heteroatoms. The van der Waals surface area contributed by atoms with E-state index in [1.807, 2.05) is 25.1 Å². The fourth-order valence-corrected chi connectivity index (χ4v) is 3.80. The number of anilines is 4. The van der Waals surface area contributed by atoms with Crippen LogP contribution in [0.25, 0.3) is 0 Å². The van der Waals surface area contributed by atoms with Crippen LogP contribution in [0.3, 0.4) is 0 Å². The van der Waals surface area contributed by atoms with Crippen LogP contribution in [-0.4, -0.2) is 48.2 Å². The second-order valence-corrected chi connectivity index (χ2v) is 7.03. The Hall–Kier alpha value is -3.18. The van der Waals surface area contributed by atoms with Crippen LogP contribution >= 0.6 is 0 Å².